The van der Waals surface area contributed by atoms with Gasteiger partial charge >= 0.3 is 6.18 Å². The number of nitrogens with one attached hydrogen (secondary N) is 4. The molecule has 1 spiro atoms. The first-order valence-corrected chi connectivity index (χ1v) is 32.4. The van der Waals surface area contributed by atoms with E-state index in [9.17, 15) is 56.3 Å². The van der Waals surface area contributed by atoms with Crippen molar-refractivity contribution in [2.45, 2.75) is 212 Å². The molecule has 5 rings (SSSR count). The molecule has 22 nitrogen and oxygen atoms in total. The van der Waals surface area contributed by atoms with Crippen molar-refractivity contribution >= 4 is 76.6 Å². The number of hydrogen-bond donors (Lipinski definition) is 4. The van der Waals surface area contributed by atoms with E-state index in [0.29, 0.717) is 24.8 Å². The molecule has 4 N–H and O–H groups in total. The molecule has 90 heavy (non-hydrogen) atoms. The Balaban J connectivity index is 1.54. The highest BCUT2D eigenvalue weighted by Crippen LogP contribution is 2.37. The van der Waals surface area contributed by atoms with Crippen molar-refractivity contribution in [2.75, 3.05) is 68.5 Å². The first kappa shape index (κ1) is 74.2. The van der Waals surface area contributed by atoms with Gasteiger partial charge in [0.25, 0.3) is 0 Å². The van der Waals surface area contributed by atoms with Gasteiger partial charge in [0.05, 0.1) is 30.2 Å². The lowest BCUT2D eigenvalue weighted by Crippen LogP contribution is -2.64. The Bertz CT molecular complexity index is 2760. The van der Waals surface area contributed by atoms with Crippen LogP contribution in [0.15, 0.2) is 18.2 Å². The molecule has 2 aliphatic carbocycles. The molecule has 4 fully saturated rings. The third kappa shape index (κ3) is 19.7. The van der Waals surface area contributed by atoms with Gasteiger partial charge < -0.3 is 55.6 Å². The number of benzene rings is 1. The Kier molecular flexibility index (Phi) is 26.9. The normalized spacial score (nSPS) is 26.0. The van der Waals surface area contributed by atoms with Crippen LogP contribution in [0.4, 0.5) is 13.2 Å². The number of amides is 11. The van der Waals surface area contributed by atoms with Crippen LogP contribution in [0, 0.1) is 23.7 Å². The second-order valence-electron chi connectivity index (χ2n) is 26.9. The van der Waals surface area contributed by atoms with Gasteiger partial charge in [0.15, 0.2) is 0 Å². The summed E-state index contributed by atoms with van der Waals surface area (Å²) in [5, 5.41) is 10.9. The number of aryl methyl sites for hydroxylation is 1. The zero-order valence-corrected chi connectivity index (χ0v) is 55.8. The largest absolute Gasteiger partial charge is 0.417 e. The summed E-state index contributed by atoms with van der Waals surface area (Å²) in [5.41, 5.74) is -2.24. The van der Waals surface area contributed by atoms with E-state index < -0.39 is 155 Å². The van der Waals surface area contributed by atoms with E-state index in [1.807, 2.05) is 27.7 Å². The molecule has 504 valence electrons. The minimum atomic E-state index is -4.74. The van der Waals surface area contributed by atoms with Gasteiger partial charge in [0.2, 0.25) is 65.0 Å². The Morgan fingerprint density at radius 2 is 1.18 bits per heavy atom. The number of fused-ring (bicyclic) bond motifs is 1. The highest BCUT2D eigenvalue weighted by Gasteiger charge is 2.49. The summed E-state index contributed by atoms with van der Waals surface area (Å²) in [4.78, 5) is 168. The van der Waals surface area contributed by atoms with E-state index in [1.54, 1.807) is 20.8 Å². The number of hydrogen-bond acceptors (Lipinski definition) is 11. The number of likely N-dealkylation sites (N-methyl/N-ethyl adjacent to an activating group) is 6. The summed E-state index contributed by atoms with van der Waals surface area (Å²) in [5.74, 6) is -7.49. The van der Waals surface area contributed by atoms with Crippen LogP contribution >= 0.6 is 11.6 Å². The van der Waals surface area contributed by atoms with Crippen LogP contribution in [0.3, 0.4) is 0 Å². The first-order chi connectivity index (χ1) is 42.1. The summed E-state index contributed by atoms with van der Waals surface area (Å²) in [6, 6.07) is -4.57. The fraction of sp³-hybridized carbons (Fsp3) is 0.734. The van der Waals surface area contributed by atoms with Crippen LogP contribution in [0.1, 0.15) is 162 Å². The van der Waals surface area contributed by atoms with E-state index in [1.165, 1.54) is 68.0 Å². The Morgan fingerprint density at radius 3 is 1.76 bits per heavy atom. The maximum absolute atomic E-state index is 15.0. The van der Waals surface area contributed by atoms with Crippen molar-refractivity contribution in [2.24, 2.45) is 23.7 Å². The number of carbonyl (C=O) groups excluding carboxylic acids is 11. The fourth-order valence-corrected chi connectivity index (χ4v) is 13.2. The van der Waals surface area contributed by atoms with Gasteiger partial charge in [-0.3, -0.25) is 52.7 Å². The zero-order chi connectivity index (χ0) is 67.3. The van der Waals surface area contributed by atoms with Crippen LogP contribution in [-0.4, -0.2) is 216 Å². The number of alkyl halides is 3. The van der Waals surface area contributed by atoms with Gasteiger partial charge in [-0.2, -0.15) is 13.2 Å². The summed E-state index contributed by atoms with van der Waals surface area (Å²) in [7, 11) is 8.54. The monoisotopic (exact) mass is 1290 g/mol. The first-order valence-electron chi connectivity index (χ1n) is 32.0. The topological polar surface area (TPSA) is 259 Å². The zero-order valence-electron chi connectivity index (χ0n) is 55.1. The SMILES string of the molecule is CC(C)C[C@H]1C(=O)N[C@@H](C(C)C)C(=O)N(C)CC(=O)N(C)CC(=O)N(C)[C@@H](CC2CCCCC2)C(=O)N(C)CC(=O)N[C@@H](CCc2ccc(C(F)(F)F)c(Cl)c2)C(=O)N2CCCC2C(=O)NC2(CCCC2)C(=O)N(C)[C@@H](CC(C)C)C(=O)N[C@H](C)CC(=O)N1C. The average Bonchev–Trinajstić information content (AvgIpc) is 1.56. The van der Waals surface area contributed by atoms with E-state index in [2.05, 4.69) is 21.3 Å². The van der Waals surface area contributed by atoms with Crippen LogP contribution in [0.25, 0.3) is 0 Å². The average molecular weight is 1290 g/mol. The van der Waals surface area contributed by atoms with Gasteiger partial charge in [-0.05, 0) is 106 Å². The third-order valence-corrected chi connectivity index (χ3v) is 18.5. The molecule has 1 aromatic rings. The Labute approximate surface area is 534 Å². The Hall–Kier alpha value is -6.53. The van der Waals surface area contributed by atoms with E-state index in [-0.39, 0.29) is 82.1 Å². The number of halogens is 4. The van der Waals surface area contributed by atoms with Gasteiger partial charge in [-0.1, -0.05) is 104 Å². The number of rotatable bonds is 10. The van der Waals surface area contributed by atoms with Gasteiger partial charge in [-0.15, -0.1) is 0 Å². The minimum Gasteiger partial charge on any atom is -0.351 e. The van der Waals surface area contributed by atoms with Gasteiger partial charge in [0.1, 0.15) is 41.8 Å². The minimum absolute atomic E-state index is 0.0341. The quantitative estimate of drug-likeness (QED) is 0.238. The molecule has 0 aromatic heterocycles. The molecular formula is C64H99ClF3N11O11. The molecule has 2 saturated heterocycles. The van der Waals surface area contributed by atoms with E-state index >= 15 is 9.59 Å². The van der Waals surface area contributed by atoms with Crippen LogP contribution < -0.4 is 21.3 Å². The molecule has 1 aromatic carbocycles. The standard InChI is InChI=1S/C64H99ClF3N11O11/c1-38(2)30-48-57(85)71-55(40(5)6)61(89)75(10)36-53(82)73(8)37-54(83)77(12)50(34-42-20-15-14-16-21-42)60(88)74(9)35-51(80)70-46(26-24-43-23-25-44(45(65)33-43)64(66,67)68)59(87)79-29-19-22-47(79)58(86)72-63(27-17-18-28-63)62(90)78(13)49(31-39(3)4)56(84)69-41(7)32-52(81)76(48)11/h23,25,33,38-42,46-50,55H,14-22,24,26-32,34-37H2,1-13H3,(H,69,84)(H,70,80)(H,71,85)(H,72,86)/t41-,46+,47?,48+,49+,50+,55+/m1/s1. The van der Waals surface area contributed by atoms with Crippen molar-refractivity contribution in [3.8, 4) is 0 Å². The van der Waals surface area contributed by atoms with E-state index in [4.69, 9.17) is 11.6 Å². The molecule has 11 amide bonds. The lowest BCUT2D eigenvalue weighted by molar-refractivity contribution is -0.149. The maximum Gasteiger partial charge on any atom is 0.417 e. The lowest BCUT2D eigenvalue weighted by atomic mass is 9.84. The number of nitrogens with zero attached hydrogens (tertiary/aromatic N) is 7. The fourth-order valence-electron chi connectivity index (χ4n) is 12.9. The third-order valence-electron chi connectivity index (χ3n) is 18.2. The molecule has 2 aliphatic heterocycles. The predicted molar refractivity (Wildman–Crippen MR) is 332 cm³/mol. The molecule has 26 heteroatoms. The summed E-state index contributed by atoms with van der Waals surface area (Å²) < 4.78 is 41.3. The molecule has 2 saturated carbocycles. The predicted octanol–water partition coefficient (Wildman–Crippen LogP) is 5.16. The van der Waals surface area contributed by atoms with Crippen molar-refractivity contribution in [1.82, 2.24) is 55.6 Å². The molecule has 1 unspecified atom stereocenters. The molecule has 4 aliphatic rings. The van der Waals surface area contributed by atoms with Crippen molar-refractivity contribution < 1.29 is 65.9 Å². The second kappa shape index (κ2) is 32.7. The summed E-state index contributed by atoms with van der Waals surface area (Å²) in [6.45, 7) is 11.0. The smallest absolute Gasteiger partial charge is 0.351 e. The van der Waals surface area contributed by atoms with Gasteiger partial charge in [0, 0.05) is 61.3 Å². The number of carbonyl (C=O) groups is 11. The van der Waals surface area contributed by atoms with Crippen LogP contribution in [-0.2, 0) is 65.3 Å². The van der Waals surface area contributed by atoms with Crippen molar-refractivity contribution in [3.05, 3.63) is 34.3 Å². The van der Waals surface area contributed by atoms with Crippen molar-refractivity contribution in [3.63, 3.8) is 0 Å². The Morgan fingerprint density at radius 1 is 0.611 bits per heavy atom. The molecule has 0 bridgehead atoms. The van der Waals surface area contributed by atoms with Gasteiger partial charge in [-0.25, -0.2) is 0 Å². The van der Waals surface area contributed by atoms with Crippen LogP contribution in [0.5, 0.6) is 0 Å². The van der Waals surface area contributed by atoms with Crippen molar-refractivity contribution in [1.29, 1.82) is 0 Å². The van der Waals surface area contributed by atoms with Crippen LogP contribution in [0.2, 0.25) is 5.02 Å². The molecule has 7 atom stereocenters. The second-order valence-corrected chi connectivity index (χ2v) is 27.3. The highest BCUT2D eigenvalue weighted by atomic mass is 35.5. The maximum atomic E-state index is 15.0. The summed E-state index contributed by atoms with van der Waals surface area (Å²) in [6.07, 6.45) is 1.83. The molecule has 0 radical (unpaired) electrons. The summed E-state index contributed by atoms with van der Waals surface area (Å²) >= 11 is 6.11. The molecular weight excluding hydrogens is 1190 g/mol. The van der Waals surface area contributed by atoms with E-state index in [0.717, 1.165) is 58.9 Å². The molecule has 2 heterocycles. The lowest BCUT2D eigenvalue weighted by Gasteiger charge is -2.39. The highest BCUT2D eigenvalue weighted by molar-refractivity contribution is 6.31.